The first-order valence-electron chi connectivity index (χ1n) is 10.9. The molecule has 0 aliphatic heterocycles. The van der Waals surface area contributed by atoms with Gasteiger partial charge < -0.3 is 15.3 Å². The van der Waals surface area contributed by atoms with Gasteiger partial charge >= 0.3 is 0 Å². The SMILES string of the molecule is Cc1ccc(C(=O)C(O)CCC2[C@H](O)C[C@H](O)[C@@H]2CCCCCCC(=O)NO)cc1. The highest BCUT2D eigenvalue weighted by molar-refractivity contribution is 5.99. The van der Waals surface area contributed by atoms with Crippen LogP contribution in [0, 0.1) is 18.8 Å². The Morgan fingerprint density at radius 3 is 2.23 bits per heavy atom. The number of Topliss-reactive ketones (excluding diaryl/α,β-unsaturated/α-hetero) is 1. The number of carbonyl (C=O) groups excluding carboxylic acids is 2. The Labute approximate surface area is 178 Å². The molecule has 0 radical (unpaired) electrons. The van der Waals surface area contributed by atoms with E-state index in [1.54, 1.807) is 17.6 Å². The van der Waals surface area contributed by atoms with Crippen LogP contribution in [-0.2, 0) is 4.79 Å². The number of benzene rings is 1. The molecule has 2 rings (SSSR count). The summed E-state index contributed by atoms with van der Waals surface area (Å²) < 4.78 is 0. The fraction of sp³-hybridized carbons (Fsp3) is 0.652. The lowest BCUT2D eigenvalue weighted by atomic mass is 9.84. The first-order valence-corrected chi connectivity index (χ1v) is 10.9. The molecule has 2 unspecified atom stereocenters. The number of nitrogens with one attached hydrogen (secondary N) is 1. The Bertz CT molecular complexity index is 677. The Hall–Kier alpha value is -1.80. The second-order valence-electron chi connectivity index (χ2n) is 8.51. The number of carbonyl (C=O) groups is 2. The van der Waals surface area contributed by atoms with Gasteiger partial charge in [0.05, 0.1) is 12.2 Å². The molecule has 1 saturated carbocycles. The van der Waals surface area contributed by atoms with Gasteiger partial charge in [-0.1, -0.05) is 49.1 Å². The summed E-state index contributed by atoms with van der Waals surface area (Å²) in [5, 5.41) is 39.5. The van der Waals surface area contributed by atoms with Crippen LogP contribution in [0.2, 0.25) is 0 Å². The lowest BCUT2D eigenvalue weighted by Gasteiger charge is -2.24. The highest BCUT2D eigenvalue weighted by Gasteiger charge is 2.41. The molecule has 1 amide bonds. The van der Waals surface area contributed by atoms with E-state index < -0.39 is 18.3 Å². The van der Waals surface area contributed by atoms with Crippen LogP contribution in [0.15, 0.2) is 24.3 Å². The summed E-state index contributed by atoms with van der Waals surface area (Å²) in [4.78, 5) is 23.4. The van der Waals surface area contributed by atoms with Crippen molar-refractivity contribution in [2.24, 2.45) is 11.8 Å². The number of aliphatic hydroxyl groups is 3. The molecule has 1 aromatic carbocycles. The summed E-state index contributed by atoms with van der Waals surface area (Å²) in [7, 11) is 0. The fourth-order valence-electron chi connectivity index (χ4n) is 4.45. The standard InChI is InChI=1S/C23H35NO6/c1-15-8-10-16(11-9-15)23(29)19(25)13-12-18-17(20(26)14-21(18)27)6-4-2-3-5-7-22(28)24-30/h8-11,17-21,25-27,30H,2-7,12-14H2,1H3,(H,24,28)/t17-,18?,19?,20+,21-/m1/s1. The van der Waals surface area contributed by atoms with Gasteiger partial charge in [-0.15, -0.1) is 0 Å². The molecular weight excluding hydrogens is 386 g/mol. The largest absolute Gasteiger partial charge is 0.393 e. The minimum absolute atomic E-state index is 0.0533. The van der Waals surface area contributed by atoms with Crippen LogP contribution in [0.5, 0.6) is 0 Å². The molecule has 168 valence electrons. The number of aliphatic hydroxyl groups excluding tert-OH is 3. The summed E-state index contributed by atoms with van der Waals surface area (Å²) in [6.07, 6.45) is 3.13. The third-order valence-corrected chi connectivity index (χ3v) is 6.25. The van der Waals surface area contributed by atoms with Crippen molar-refractivity contribution >= 4 is 11.7 Å². The van der Waals surface area contributed by atoms with E-state index in [0.29, 0.717) is 24.8 Å². The maximum atomic E-state index is 12.4. The van der Waals surface area contributed by atoms with E-state index in [4.69, 9.17) is 5.21 Å². The van der Waals surface area contributed by atoms with E-state index in [1.165, 1.54) is 0 Å². The number of hydrogen-bond donors (Lipinski definition) is 5. The molecule has 0 heterocycles. The summed E-state index contributed by atoms with van der Waals surface area (Å²) in [5.74, 6) is -0.891. The van der Waals surface area contributed by atoms with Crippen molar-refractivity contribution in [3.05, 3.63) is 35.4 Å². The molecule has 7 nitrogen and oxygen atoms in total. The first-order chi connectivity index (χ1) is 14.3. The Morgan fingerprint density at radius 2 is 1.60 bits per heavy atom. The molecule has 0 spiro atoms. The Balaban J connectivity index is 1.78. The molecule has 7 heteroatoms. The van der Waals surface area contributed by atoms with Crippen LogP contribution >= 0.6 is 0 Å². The molecule has 1 fully saturated rings. The van der Waals surface area contributed by atoms with Gasteiger partial charge in [0.15, 0.2) is 5.78 Å². The summed E-state index contributed by atoms with van der Waals surface area (Å²) >= 11 is 0. The normalized spacial score (nSPS) is 24.6. The number of amides is 1. The minimum Gasteiger partial charge on any atom is -0.393 e. The van der Waals surface area contributed by atoms with Crippen LogP contribution in [0.4, 0.5) is 0 Å². The van der Waals surface area contributed by atoms with Crippen LogP contribution in [-0.4, -0.2) is 50.5 Å². The topological polar surface area (TPSA) is 127 Å². The van der Waals surface area contributed by atoms with E-state index in [2.05, 4.69) is 0 Å². The van der Waals surface area contributed by atoms with Crippen molar-refractivity contribution in [3.8, 4) is 0 Å². The van der Waals surface area contributed by atoms with Gasteiger partial charge in [-0.3, -0.25) is 14.8 Å². The van der Waals surface area contributed by atoms with Crippen LogP contribution in [0.1, 0.15) is 73.7 Å². The quantitative estimate of drug-likeness (QED) is 0.153. The van der Waals surface area contributed by atoms with Crippen molar-refractivity contribution in [2.45, 2.75) is 83.0 Å². The van der Waals surface area contributed by atoms with Crippen molar-refractivity contribution in [3.63, 3.8) is 0 Å². The lowest BCUT2D eigenvalue weighted by molar-refractivity contribution is -0.129. The summed E-state index contributed by atoms with van der Waals surface area (Å²) in [6.45, 7) is 1.93. The maximum absolute atomic E-state index is 12.4. The highest BCUT2D eigenvalue weighted by atomic mass is 16.5. The molecule has 0 bridgehead atoms. The molecule has 0 saturated heterocycles. The predicted octanol–water partition coefficient (Wildman–Crippen LogP) is 2.52. The molecule has 30 heavy (non-hydrogen) atoms. The van der Waals surface area contributed by atoms with E-state index in [-0.39, 0.29) is 36.4 Å². The van der Waals surface area contributed by atoms with Gasteiger partial charge in [-0.05, 0) is 50.9 Å². The first kappa shape index (κ1) is 24.5. The van der Waals surface area contributed by atoms with Gasteiger partial charge in [0, 0.05) is 12.0 Å². The second kappa shape index (κ2) is 12.2. The lowest BCUT2D eigenvalue weighted by Crippen LogP contribution is -2.26. The predicted molar refractivity (Wildman–Crippen MR) is 112 cm³/mol. The number of hydrogen-bond acceptors (Lipinski definition) is 6. The molecular formula is C23H35NO6. The average molecular weight is 422 g/mol. The number of hydroxylamine groups is 1. The summed E-state index contributed by atoms with van der Waals surface area (Å²) in [6, 6.07) is 7.09. The maximum Gasteiger partial charge on any atom is 0.243 e. The number of ketones is 1. The summed E-state index contributed by atoms with van der Waals surface area (Å²) in [5.41, 5.74) is 3.14. The number of aryl methyl sites for hydroxylation is 1. The van der Waals surface area contributed by atoms with Gasteiger partial charge in [0.25, 0.3) is 0 Å². The second-order valence-corrected chi connectivity index (χ2v) is 8.51. The number of rotatable bonds is 12. The highest BCUT2D eigenvalue weighted by Crippen LogP contribution is 2.39. The average Bonchev–Trinajstić information content (AvgIpc) is 3.00. The van der Waals surface area contributed by atoms with E-state index in [0.717, 1.165) is 31.2 Å². The smallest absolute Gasteiger partial charge is 0.243 e. The van der Waals surface area contributed by atoms with Crippen LogP contribution < -0.4 is 5.48 Å². The van der Waals surface area contributed by atoms with Gasteiger partial charge in [-0.2, -0.15) is 0 Å². The van der Waals surface area contributed by atoms with Gasteiger partial charge in [0.2, 0.25) is 5.91 Å². The van der Waals surface area contributed by atoms with Gasteiger partial charge in [0.1, 0.15) is 6.10 Å². The third kappa shape index (κ3) is 7.16. The van der Waals surface area contributed by atoms with E-state index >= 15 is 0 Å². The Kier molecular flexibility index (Phi) is 9.91. The zero-order chi connectivity index (χ0) is 22.1. The molecule has 0 aromatic heterocycles. The molecule has 5 atom stereocenters. The van der Waals surface area contributed by atoms with Crippen molar-refractivity contribution in [1.29, 1.82) is 0 Å². The van der Waals surface area contributed by atoms with Crippen molar-refractivity contribution < 1.29 is 30.1 Å². The van der Waals surface area contributed by atoms with Crippen molar-refractivity contribution in [2.75, 3.05) is 0 Å². The van der Waals surface area contributed by atoms with Gasteiger partial charge in [-0.25, -0.2) is 5.48 Å². The monoisotopic (exact) mass is 421 g/mol. The molecule has 1 aliphatic rings. The zero-order valence-corrected chi connectivity index (χ0v) is 17.7. The van der Waals surface area contributed by atoms with Crippen molar-refractivity contribution in [1.82, 2.24) is 5.48 Å². The Morgan fingerprint density at radius 1 is 1.00 bits per heavy atom. The minimum atomic E-state index is -1.11. The number of unbranched alkanes of at least 4 members (excludes halogenated alkanes) is 3. The molecule has 1 aromatic rings. The van der Waals surface area contributed by atoms with Crippen LogP contribution in [0.3, 0.4) is 0 Å². The fourth-order valence-corrected chi connectivity index (χ4v) is 4.45. The van der Waals surface area contributed by atoms with E-state index in [1.807, 2.05) is 19.1 Å². The molecule has 5 N–H and O–H groups in total. The zero-order valence-electron chi connectivity index (χ0n) is 17.7. The molecule has 1 aliphatic carbocycles. The third-order valence-electron chi connectivity index (χ3n) is 6.25. The van der Waals surface area contributed by atoms with E-state index in [9.17, 15) is 24.9 Å². The van der Waals surface area contributed by atoms with Crippen LogP contribution in [0.25, 0.3) is 0 Å².